The van der Waals surface area contributed by atoms with Crippen LogP contribution in [0, 0.1) is 5.82 Å². The maximum atomic E-state index is 14.1. The number of nitrogens with one attached hydrogen (secondary N) is 1. The molecule has 1 N–H and O–H groups in total. The quantitative estimate of drug-likeness (QED) is 0.267. The minimum absolute atomic E-state index is 0.0229. The largest absolute Gasteiger partial charge is 0.350 e. The van der Waals surface area contributed by atoms with E-state index in [1.165, 1.54) is 29.2 Å². The first-order chi connectivity index (χ1) is 19.1. The highest BCUT2D eigenvalue weighted by Gasteiger charge is 2.35. The lowest BCUT2D eigenvalue weighted by Gasteiger charge is -2.35. The van der Waals surface area contributed by atoms with Crippen LogP contribution < -0.4 is 9.62 Å². The molecule has 0 aliphatic rings. The molecule has 2 amide bonds. The zero-order valence-electron chi connectivity index (χ0n) is 23.0. The van der Waals surface area contributed by atoms with E-state index in [9.17, 15) is 22.4 Å². The molecule has 0 spiro atoms. The SMILES string of the molecule is CC[C@H](C(=O)NC(C)(C)C)N(Cc1ccc(Cl)cc1Cl)C(=O)CN(c1ccc(F)c(Cl)c1)S(=O)(=O)c1ccccc1. The summed E-state index contributed by atoms with van der Waals surface area (Å²) in [6.45, 7) is 6.37. The minimum Gasteiger partial charge on any atom is -0.350 e. The summed E-state index contributed by atoms with van der Waals surface area (Å²) in [4.78, 5) is 28.6. The van der Waals surface area contributed by atoms with Gasteiger partial charge in [0.05, 0.1) is 15.6 Å². The number of nitrogens with zero attached hydrogens (tertiary/aromatic N) is 2. The van der Waals surface area contributed by atoms with Crippen molar-refractivity contribution < 1.29 is 22.4 Å². The fraction of sp³-hybridized carbons (Fsp3) is 0.310. The molecule has 0 saturated carbocycles. The molecule has 0 aliphatic heterocycles. The van der Waals surface area contributed by atoms with Crippen molar-refractivity contribution in [3.63, 3.8) is 0 Å². The predicted octanol–water partition coefficient (Wildman–Crippen LogP) is 6.70. The Labute approximate surface area is 255 Å². The highest BCUT2D eigenvalue weighted by molar-refractivity contribution is 7.92. The topological polar surface area (TPSA) is 86.8 Å². The van der Waals surface area contributed by atoms with E-state index in [2.05, 4.69) is 5.32 Å². The van der Waals surface area contributed by atoms with Crippen LogP contribution in [-0.4, -0.2) is 43.3 Å². The summed E-state index contributed by atoms with van der Waals surface area (Å²) in [5.41, 5.74) is -0.107. The number of hydrogen-bond acceptors (Lipinski definition) is 4. The van der Waals surface area contributed by atoms with Gasteiger partial charge in [0.15, 0.2) is 0 Å². The Bertz CT molecular complexity index is 1520. The second kappa shape index (κ2) is 13.4. The summed E-state index contributed by atoms with van der Waals surface area (Å²) in [5, 5.41) is 3.25. The molecule has 3 aromatic carbocycles. The zero-order valence-corrected chi connectivity index (χ0v) is 26.1. The van der Waals surface area contributed by atoms with Gasteiger partial charge >= 0.3 is 0 Å². The third-order valence-corrected chi connectivity index (χ3v) is 8.71. The lowest BCUT2D eigenvalue weighted by atomic mass is 10.1. The Hall–Kier alpha value is -2.85. The van der Waals surface area contributed by atoms with E-state index in [0.29, 0.717) is 10.6 Å². The average Bonchev–Trinajstić information content (AvgIpc) is 2.89. The molecule has 0 aliphatic carbocycles. The van der Waals surface area contributed by atoms with Crippen LogP contribution in [0.15, 0.2) is 71.6 Å². The molecule has 3 rings (SSSR count). The third kappa shape index (κ3) is 8.35. The Kier molecular flexibility index (Phi) is 10.7. The molecule has 7 nitrogen and oxygen atoms in total. The maximum Gasteiger partial charge on any atom is 0.264 e. The smallest absolute Gasteiger partial charge is 0.264 e. The Morgan fingerprint density at radius 2 is 1.61 bits per heavy atom. The summed E-state index contributed by atoms with van der Waals surface area (Å²) in [7, 11) is -4.32. The second-order valence-electron chi connectivity index (χ2n) is 10.3. The number of benzene rings is 3. The number of anilines is 1. The number of rotatable bonds is 10. The Balaban J connectivity index is 2.11. The summed E-state index contributed by atoms with van der Waals surface area (Å²) in [5.74, 6) is -1.85. The molecule has 0 heterocycles. The molecule has 1 atom stereocenters. The molecule has 0 saturated heterocycles. The van der Waals surface area contributed by atoms with Crippen molar-refractivity contribution in [2.45, 2.75) is 57.1 Å². The van der Waals surface area contributed by atoms with Gasteiger partial charge in [-0.2, -0.15) is 0 Å². The number of amides is 2. The van der Waals surface area contributed by atoms with Gasteiger partial charge in [0.2, 0.25) is 11.8 Å². The van der Waals surface area contributed by atoms with Crippen molar-refractivity contribution in [3.05, 3.63) is 93.2 Å². The van der Waals surface area contributed by atoms with Crippen molar-refractivity contribution >= 4 is 62.3 Å². The number of hydrogen-bond donors (Lipinski definition) is 1. The van der Waals surface area contributed by atoms with Crippen LogP contribution in [0.4, 0.5) is 10.1 Å². The normalized spacial score (nSPS) is 12.5. The van der Waals surface area contributed by atoms with Gasteiger partial charge in [-0.25, -0.2) is 12.8 Å². The monoisotopic (exact) mass is 641 g/mol. The van der Waals surface area contributed by atoms with Crippen molar-refractivity contribution in [1.29, 1.82) is 0 Å². The van der Waals surface area contributed by atoms with E-state index in [4.69, 9.17) is 34.8 Å². The van der Waals surface area contributed by atoms with Gasteiger partial charge in [-0.1, -0.05) is 66.0 Å². The van der Waals surface area contributed by atoms with E-state index in [0.717, 1.165) is 16.4 Å². The van der Waals surface area contributed by atoms with Gasteiger partial charge in [0, 0.05) is 22.1 Å². The van der Waals surface area contributed by atoms with Crippen LogP contribution in [0.1, 0.15) is 39.7 Å². The molecular formula is C29H31Cl3FN3O4S. The fourth-order valence-electron chi connectivity index (χ4n) is 4.09. The zero-order chi connectivity index (χ0) is 30.5. The van der Waals surface area contributed by atoms with Crippen molar-refractivity contribution in [1.82, 2.24) is 10.2 Å². The first-order valence-electron chi connectivity index (χ1n) is 12.7. The molecular weight excluding hydrogens is 612 g/mol. The van der Waals surface area contributed by atoms with E-state index < -0.39 is 45.8 Å². The molecule has 41 heavy (non-hydrogen) atoms. The Morgan fingerprint density at radius 3 is 2.17 bits per heavy atom. The fourth-order valence-corrected chi connectivity index (χ4v) is 6.16. The van der Waals surface area contributed by atoms with Crippen molar-refractivity contribution in [2.24, 2.45) is 0 Å². The summed E-state index contributed by atoms with van der Waals surface area (Å²) in [6, 6.07) is 14.7. The number of carbonyl (C=O) groups excluding carboxylic acids is 2. The van der Waals surface area contributed by atoms with E-state index in [1.54, 1.807) is 37.3 Å². The van der Waals surface area contributed by atoms with Crippen LogP contribution >= 0.6 is 34.8 Å². The van der Waals surface area contributed by atoms with E-state index >= 15 is 0 Å². The summed E-state index contributed by atoms with van der Waals surface area (Å²) >= 11 is 18.5. The van der Waals surface area contributed by atoms with Crippen LogP contribution in [0.3, 0.4) is 0 Å². The van der Waals surface area contributed by atoms with Gasteiger partial charge in [-0.05, 0) is 75.2 Å². The van der Waals surface area contributed by atoms with Crippen molar-refractivity contribution in [2.75, 3.05) is 10.8 Å². The molecule has 0 fully saturated rings. The van der Waals surface area contributed by atoms with Gasteiger partial charge in [-0.3, -0.25) is 13.9 Å². The lowest BCUT2D eigenvalue weighted by Crippen LogP contribution is -2.55. The first-order valence-corrected chi connectivity index (χ1v) is 15.3. The van der Waals surface area contributed by atoms with E-state index in [1.807, 2.05) is 20.8 Å². The van der Waals surface area contributed by atoms with Gasteiger partial charge in [-0.15, -0.1) is 0 Å². The van der Waals surface area contributed by atoms with Crippen LogP contribution in [0.5, 0.6) is 0 Å². The summed E-state index contributed by atoms with van der Waals surface area (Å²) < 4.78 is 42.5. The van der Waals surface area contributed by atoms with E-state index in [-0.39, 0.29) is 33.6 Å². The Morgan fingerprint density at radius 1 is 0.951 bits per heavy atom. The maximum absolute atomic E-state index is 14.1. The molecule has 3 aromatic rings. The predicted molar refractivity (Wildman–Crippen MR) is 161 cm³/mol. The number of carbonyl (C=O) groups is 2. The van der Waals surface area contributed by atoms with Gasteiger partial charge < -0.3 is 10.2 Å². The molecule has 0 aromatic heterocycles. The average molecular weight is 643 g/mol. The molecule has 0 unspecified atom stereocenters. The minimum atomic E-state index is -4.32. The lowest BCUT2D eigenvalue weighted by molar-refractivity contribution is -0.141. The molecule has 0 bridgehead atoms. The number of halogens is 4. The second-order valence-corrected chi connectivity index (χ2v) is 13.5. The van der Waals surface area contributed by atoms with Crippen LogP contribution in [-0.2, 0) is 26.2 Å². The molecule has 0 radical (unpaired) electrons. The molecule has 12 heteroatoms. The number of sulfonamides is 1. The van der Waals surface area contributed by atoms with Gasteiger partial charge in [0.25, 0.3) is 10.0 Å². The van der Waals surface area contributed by atoms with Crippen molar-refractivity contribution in [3.8, 4) is 0 Å². The highest BCUT2D eigenvalue weighted by Crippen LogP contribution is 2.29. The van der Waals surface area contributed by atoms with Crippen LogP contribution in [0.2, 0.25) is 15.1 Å². The van der Waals surface area contributed by atoms with Crippen LogP contribution in [0.25, 0.3) is 0 Å². The standard InChI is InChI=1S/C29H31Cl3FN3O4S/c1-5-26(28(38)34-29(2,3)4)35(17-19-11-12-20(30)15-23(19)31)27(37)18-36(21-13-14-25(33)24(32)16-21)41(39,40)22-9-7-6-8-10-22/h6-16,26H,5,17-18H2,1-4H3,(H,34,38)/t26-/m1/s1. The summed E-state index contributed by atoms with van der Waals surface area (Å²) in [6.07, 6.45) is 0.229. The third-order valence-electron chi connectivity index (χ3n) is 6.04. The highest BCUT2D eigenvalue weighted by atomic mass is 35.5. The first kappa shape index (κ1) is 32.7. The molecule has 220 valence electrons. The van der Waals surface area contributed by atoms with Gasteiger partial charge in [0.1, 0.15) is 18.4 Å².